The summed E-state index contributed by atoms with van der Waals surface area (Å²) in [5, 5.41) is 2.88. The van der Waals surface area contributed by atoms with Gasteiger partial charge < -0.3 is 10.2 Å². The van der Waals surface area contributed by atoms with Crippen molar-refractivity contribution in [3.05, 3.63) is 130 Å². The average molecular weight is 663 g/mol. The van der Waals surface area contributed by atoms with E-state index in [0.29, 0.717) is 12.2 Å². The zero-order chi connectivity index (χ0) is 31.0. The van der Waals surface area contributed by atoms with Crippen molar-refractivity contribution >= 4 is 43.5 Å². The third kappa shape index (κ3) is 8.33. The number of carbonyl (C=O) groups excluding carboxylic acids is 2. The van der Waals surface area contributed by atoms with Gasteiger partial charge in [0.2, 0.25) is 11.8 Å². The summed E-state index contributed by atoms with van der Waals surface area (Å²) in [4.78, 5) is 29.5. The zero-order valence-corrected chi connectivity index (χ0v) is 26.9. The molecule has 0 aliphatic carbocycles. The van der Waals surface area contributed by atoms with Gasteiger partial charge >= 0.3 is 0 Å². The Balaban J connectivity index is 1.79. The van der Waals surface area contributed by atoms with Gasteiger partial charge in [0.15, 0.2) is 0 Å². The van der Waals surface area contributed by atoms with E-state index in [4.69, 9.17) is 0 Å². The van der Waals surface area contributed by atoms with Crippen molar-refractivity contribution in [2.75, 3.05) is 17.4 Å². The monoisotopic (exact) mass is 661 g/mol. The standard InChI is InChI=1S/C34H36BrN3O4S/c1-4-36-34(40)32(22-27-10-6-5-7-11-27)37(23-28-15-17-29(35)18-16-28)33(39)24-38(30-12-8-9-26(3)21-30)43(41,42)31-19-13-25(2)14-20-31/h5-21,32H,4,22-24H2,1-3H3,(H,36,40)/t32-/m1/s1. The molecule has 0 saturated carbocycles. The Morgan fingerprint density at radius 3 is 2.12 bits per heavy atom. The molecule has 1 N–H and O–H groups in total. The predicted molar refractivity (Wildman–Crippen MR) is 174 cm³/mol. The van der Waals surface area contributed by atoms with Gasteiger partial charge in [-0.1, -0.05) is 88.2 Å². The molecule has 0 bridgehead atoms. The smallest absolute Gasteiger partial charge is 0.264 e. The molecule has 0 aliphatic heterocycles. The van der Waals surface area contributed by atoms with Gasteiger partial charge in [-0.05, 0) is 73.9 Å². The Kier molecular flexibility index (Phi) is 10.8. The van der Waals surface area contributed by atoms with Crippen molar-refractivity contribution in [2.45, 2.75) is 44.7 Å². The van der Waals surface area contributed by atoms with Crippen LogP contribution in [-0.4, -0.2) is 44.3 Å². The molecule has 4 aromatic carbocycles. The van der Waals surface area contributed by atoms with Crippen LogP contribution in [0.5, 0.6) is 0 Å². The number of aryl methyl sites for hydroxylation is 2. The highest BCUT2D eigenvalue weighted by Crippen LogP contribution is 2.26. The SMILES string of the molecule is CCNC(=O)[C@@H](Cc1ccccc1)N(Cc1ccc(Br)cc1)C(=O)CN(c1cccc(C)c1)S(=O)(=O)c1ccc(C)cc1. The first-order chi connectivity index (χ1) is 20.6. The van der Waals surface area contributed by atoms with Crippen LogP contribution < -0.4 is 9.62 Å². The van der Waals surface area contributed by atoms with Crippen LogP contribution in [0.4, 0.5) is 5.69 Å². The van der Waals surface area contributed by atoms with E-state index in [1.54, 1.807) is 42.5 Å². The van der Waals surface area contributed by atoms with Crippen LogP contribution >= 0.6 is 15.9 Å². The van der Waals surface area contributed by atoms with Crippen molar-refractivity contribution in [3.63, 3.8) is 0 Å². The molecular formula is C34H36BrN3O4S. The van der Waals surface area contributed by atoms with E-state index >= 15 is 0 Å². The first kappa shape index (κ1) is 32.0. The Labute approximate surface area is 262 Å². The number of halogens is 1. The molecule has 0 spiro atoms. The second kappa shape index (κ2) is 14.5. The number of likely N-dealkylation sites (N-methyl/N-ethyl adjacent to an activating group) is 1. The molecule has 4 aromatic rings. The number of nitrogens with one attached hydrogen (secondary N) is 1. The fraction of sp³-hybridized carbons (Fsp3) is 0.235. The van der Waals surface area contributed by atoms with Crippen LogP contribution in [0.1, 0.15) is 29.2 Å². The minimum Gasteiger partial charge on any atom is -0.355 e. The van der Waals surface area contributed by atoms with E-state index in [9.17, 15) is 18.0 Å². The Bertz CT molecular complexity index is 1640. The van der Waals surface area contributed by atoms with Gasteiger partial charge in [0, 0.05) is 24.0 Å². The van der Waals surface area contributed by atoms with Crippen molar-refractivity contribution in [2.24, 2.45) is 0 Å². The zero-order valence-electron chi connectivity index (χ0n) is 24.5. The number of nitrogens with zero attached hydrogens (tertiary/aromatic N) is 2. The molecule has 0 heterocycles. The first-order valence-electron chi connectivity index (χ1n) is 14.1. The number of amides is 2. The largest absolute Gasteiger partial charge is 0.355 e. The van der Waals surface area contributed by atoms with Gasteiger partial charge in [0.25, 0.3) is 10.0 Å². The molecule has 4 rings (SSSR count). The highest BCUT2D eigenvalue weighted by Gasteiger charge is 2.34. The van der Waals surface area contributed by atoms with Gasteiger partial charge in [0.1, 0.15) is 12.6 Å². The maximum atomic E-state index is 14.4. The summed E-state index contributed by atoms with van der Waals surface area (Å²) < 4.78 is 30.2. The Hall–Kier alpha value is -3.95. The fourth-order valence-electron chi connectivity index (χ4n) is 4.78. The van der Waals surface area contributed by atoms with Crippen LogP contribution in [0.15, 0.2) is 112 Å². The van der Waals surface area contributed by atoms with Gasteiger partial charge in [-0.25, -0.2) is 8.42 Å². The normalized spacial score (nSPS) is 11.9. The Morgan fingerprint density at radius 1 is 0.814 bits per heavy atom. The van der Waals surface area contributed by atoms with Crippen molar-refractivity contribution in [1.29, 1.82) is 0 Å². The molecule has 7 nitrogen and oxygen atoms in total. The molecule has 0 aromatic heterocycles. The number of hydrogen-bond donors (Lipinski definition) is 1. The molecule has 2 amide bonds. The lowest BCUT2D eigenvalue weighted by Gasteiger charge is -2.34. The average Bonchev–Trinajstić information content (AvgIpc) is 2.99. The van der Waals surface area contributed by atoms with E-state index in [1.807, 2.05) is 81.4 Å². The van der Waals surface area contributed by atoms with Crippen LogP contribution in [0.3, 0.4) is 0 Å². The van der Waals surface area contributed by atoms with E-state index < -0.39 is 28.5 Å². The lowest BCUT2D eigenvalue weighted by atomic mass is 10.0. The van der Waals surface area contributed by atoms with Crippen LogP contribution in [0.25, 0.3) is 0 Å². The van der Waals surface area contributed by atoms with Gasteiger partial charge in [-0.15, -0.1) is 0 Å². The Morgan fingerprint density at radius 2 is 1.49 bits per heavy atom. The number of carbonyl (C=O) groups is 2. The molecule has 9 heteroatoms. The number of rotatable bonds is 12. The predicted octanol–water partition coefficient (Wildman–Crippen LogP) is 6.04. The lowest BCUT2D eigenvalue weighted by Crippen LogP contribution is -2.53. The van der Waals surface area contributed by atoms with Crippen molar-refractivity contribution in [3.8, 4) is 0 Å². The van der Waals surface area contributed by atoms with E-state index in [2.05, 4.69) is 21.2 Å². The molecular weight excluding hydrogens is 626 g/mol. The fourth-order valence-corrected chi connectivity index (χ4v) is 6.45. The summed E-state index contributed by atoms with van der Waals surface area (Å²) in [6.07, 6.45) is 0.268. The lowest BCUT2D eigenvalue weighted by molar-refractivity contribution is -0.140. The van der Waals surface area contributed by atoms with E-state index in [1.165, 1.54) is 4.90 Å². The maximum absolute atomic E-state index is 14.4. The molecule has 0 fully saturated rings. The number of hydrogen-bond acceptors (Lipinski definition) is 4. The molecule has 0 saturated heterocycles. The summed E-state index contributed by atoms with van der Waals surface area (Å²) in [5.74, 6) is -0.799. The summed E-state index contributed by atoms with van der Waals surface area (Å²) in [7, 11) is -4.13. The summed E-state index contributed by atoms with van der Waals surface area (Å²) in [5.41, 5.74) is 3.83. The topological polar surface area (TPSA) is 86.8 Å². The molecule has 0 unspecified atom stereocenters. The number of benzene rings is 4. The number of anilines is 1. The molecule has 0 aliphatic rings. The minimum atomic E-state index is -4.13. The molecule has 224 valence electrons. The van der Waals surface area contributed by atoms with Gasteiger partial charge in [0.05, 0.1) is 10.6 Å². The summed E-state index contributed by atoms with van der Waals surface area (Å²) in [6.45, 7) is 5.60. The first-order valence-corrected chi connectivity index (χ1v) is 16.3. The minimum absolute atomic E-state index is 0.0800. The molecule has 0 radical (unpaired) electrons. The molecule has 1 atom stereocenters. The number of sulfonamides is 1. The van der Waals surface area contributed by atoms with E-state index in [0.717, 1.165) is 31.0 Å². The van der Waals surface area contributed by atoms with Gasteiger partial charge in [-0.2, -0.15) is 0 Å². The maximum Gasteiger partial charge on any atom is 0.264 e. The highest BCUT2D eigenvalue weighted by atomic mass is 79.9. The third-order valence-corrected chi connectivity index (χ3v) is 9.38. The highest BCUT2D eigenvalue weighted by molar-refractivity contribution is 9.10. The molecule has 43 heavy (non-hydrogen) atoms. The van der Waals surface area contributed by atoms with Crippen LogP contribution in [0, 0.1) is 13.8 Å². The van der Waals surface area contributed by atoms with Gasteiger partial charge in [-0.3, -0.25) is 13.9 Å². The van der Waals surface area contributed by atoms with Crippen LogP contribution in [0.2, 0.25) is 0 Å². The van der Waals surface area contributed by atoms with Crippen LogP contribution in [-0.2, 0) is 32.6 Å². The quantitative estimate of drug-likeness (QED) is 0.201. The second-order valence-electron chi connectivity index (χ2n) is 10.4. The second-order valence-corrected chi connectivity index (χ2v) is 13.2. The third-order valence-electron chi connectivity index (χ3n) is 7.07. The summed E-state index contributed by atoms with van der Waals surface area (Å²) in [6, 6.07) is 29.7. The van der Waals surface area contributed by atoms with Crippen molar-refractivity contribution in [1.82, 2.24) is 10.2 Å². The summed E-state index contributed by atoms with van der Waals surface area (Å²) >= 11 is 3.45. The van der Waals surface area contributed by atoms with E-state index in [-0.39, 0.29) is 23.8 Å². The van der Waals surface area contributed by atoms with Crippen molar-refractivity contribution < 1.29 is 18.0 Å².